The van der Waals surface area contributed by atoms with Gasteiger partial charge in [-0.15, -0.1) is 0 Å². The molecule has 2 heteroatoms. The highest BCUT2D eigenvalue weighted by Crippen LogP contribution is 2.39. The fourth-order valence-electron chi connectivity index (χ4n) is 5.59. The topological polar surface area (TPSA) is 15.3 Å². The average molecular weight is 293 g/mol. The second-order valence-electron chi connectivity index (χ2n) is 8.49. The second kappa shape index (κ2) is 6.58. The summed E-state index contributed by atoms with van der Waals surface area (Å²) >= 11 is 0. The highest BCUT2D eigenvalue weighted by Gasteiger charge is 2.41. The molecule has 1 saturated carbocycles. The molecule has 5 unspecified atom stereocenters. The molecule has 0 aromatic heterocycles. The summed E-state index contributed by atoms with van der Waals surface area (Å²) < 4.78 is 0. The highest BCUT2D eigenvalue weighted by molar-refractivity contribution is 4.98. The van der Waals surface area contributed by atoms with Crippen LogP contribution in [0, 0.1) is 17.8 Å². The quantitative estimate of drug-likeness (QED) is 0.841. The molecule has 1 aliphatic carbocycles. The molecule has 3 aliphatic rings. The fraction of sp³-hybridized carbons (Fsp3) is 1.00. The zero-order valence-corrected chi connectivity index (χ0v) is 14.6. The maximum atomic E-state index is 3.82. The molecule has 122 valence electrons. The zero-order chi connectivity index (χ0) is 15.0. The molecule has 2 aliphatic heterocycles. The second-order valence-corrected chi connectivity index (χ2v) is 8.49. The first-order valence-electron chi connectivity index (χ1n) is 9.60. The van der Waals surface area contributed by atoms with Gasteiger partial charge in [-0.1, -0.05) is 34.1 Å². The van der Waals surface area contributed by atoms with Crippen molar-refractivity contribution in [3.8, 4) is 0 Å². The van der Waals surface area contributed by atoms with E-state index in [2.05, 4.69) is 37.9 Å². The molecular formula is C19H36N2. The molecule has 21 heavy (non-hydrogen) atoms. The van der Waals surface area contributed by atoms with Crippen molar-refractivity contribution in [2.24, 2.45) is 17.8 Å². The lowest BCUT2D eigenvalue weighted by Crippen LogP contribution is -2.55. The van der Waals surface area contributed by atoms with Gasteiger partial charge in [0.2, 0.25) is 0 Å². The Hall–Kier alpha value is -0.0800. The van der Waals surface area contributed by atoms with E-state index < -0.39 is 0 Å². The van der Waals surface area contributed by atoms with E-state index in [0.29, 0.717) is 0 Å². The van der Waals surface area contributed by atoms with Crippen LogP contribution in [-0.2, 0) is 0 Å². The number of hydrogen-bond acceptors (Lipinski definition) is 2. The maximum Gasteiger partial charge on any atom is 0.0131 e. The van der Waals surface area contributed by atoms with Crippen molar-refractivity contribution in [2.75, 3.05) is 6.54 Å². The van der Waals surface area contributed by atoms with E-state index in [1.54, 1.807) is 0 Å². The van der Waals surface area contributed by atoms with E-state index in [1.165, 1.54) is 51.5 Å². The molecule has 3 fully saturated rings. The van der Waals surface area contributed by atoms with Crippen molar-refractivity contribution in [3.63, 3.8) is 0 Å². The van der Waals surface area contributed by atoms with Crippen LogP contribution in [0.5, 0.6) is 0 Å². The van der Waals surface area contributed by atoms with Crippen molar-refractivity contribution >= 4 is 0 Å². The van der Waals surface area contributed by atoms with Gasteiger partial charge in [-0.05, 0) is 62.8 Å². The molecular weight excluding hydrogens is 256 g/mol. The van der Waals surface area contributed by atoms with Gasteiger partial charge in [-0.25, -0.2) is 0 Å². The molecule has 5 atom stereocenters. The largest absolute Gasteiger partial charge is 0.311 e. The van der Waals surface area contributed by atoms with Gasteiger partial charge < -0.3 is 5.32 Å². The summed E-state index contributed by atoms with van der Waals surface area (Å²) in [5.74, 6) is 2.70. The monoisotopic (exact) mass is 292 g/mol. The molecule has 2 nitrogen and oxygen atoms in total. The summed E-state index contributed by atoms with van der Waals surface area (Å²) in [4.78, 5) is 2.94. The molecule has 0 aromatic rings. The Morgan fingerprint density at radius 1 is 1.00 bits per heavy atom. The minimum absolute atomic E-state index is 0.821. The number of nitrogens with one attached hydrogen (secondary N) is 1. The first kappa shape index (κ1) is 15.8. The maximum absolute atomic E-state index is 3.82. The smallest absolute Gasteiger partial charge is 0.0131 e. The van der Waals surface area contributed by atoms with Crippen molar-refractivity contribution in [1.29, 1.82) is 0 Å². The minimum atomic E-state index is 0.821. The van der Waals surface area contributed by atoms with Crippen LogP contribution in [0.2, 0.25) is 0 Å². The van der Waals surface area contributed by atoms with Gasteiger partial charge in [-0.3, -0.25) is 4.90 Å². The summed E-state index contributed by atoms with van der Waals surface area (Å²) in [6.45, 7) is 11.0. The van der Waals surface area contributed by atoms with Crippen molar-refractivity contribution in [2.45, 2.75) is 96.8 Å². The highest BCUT2D eigenvalue weighted by atomic mass is 15.2. The van der Waals surface area contributed by atoms with Crippen molar-refractivity contribution < 1.29 is 0 Å². The molecule has 1 N–H and O–H groups in total. The molecule has 3 rings (SSSR count). The summed E-state index contributed by atoms with van der Waals surface area (Å²) in [5.41, 5.74) is 0. The Kier molecular flexibility index (Phi) is 4.95. The van der Waals surface area contributed by atoms with Crippen LogP contribution in [0.1, 0.15) is 72.6 Å². The van der Waals surface area contributed by atoms with Gasteiger partial charge in [-0.2, -0.15) is 0 Å². The number of piperidine rings is 1. The van der Waals surface area contributed by atoms with Crippen LogP contribution in [-0.4, -0.2) is 35.6 Å². The fourth-order valence-corrected chi connectivity index (χ4v) is 5.59. The number of fused-ring (bicyclic) bond motifs is 2. The molecule has 0 amide bonds. The molecule has 2 saturated heterocycles. The Morgan fingerprint density at radius 2 is 1.67 bits per heavy atom. The number of rotatable bonds is 4. The lowest BCUT2D eigenvalue weighted by atomic mass is 9.72. The van der Waals surface area contributed by atoms with Crippen molar-refractivity contribution in [1.82, 2.24) is 10.2 Å². The van der Waals surface area contributed by atoms with Crippen LogP contribution in [0.15, 0.2) is 0 Å². The van der Waals surface area contributed by atoms with E-state index >= 15 is 0 Å². The van der Waals surface area contributed by atoms with Gasteiger partial charge in [0.15, 0.2) is 0 Å². The third-order valence-corrected chi connectivity index (χ3v) is 6.70. The molecule has 2 bridgehead atoms. The van der Waals surface area contributed by atoms with E-state index in [9.17, 15) is 0 Å². The van der Waals surface area contributed by atoms with E-state index in [-0.39, 0.29) is 0 Å². The summed E-state index contributed by atoms with van der Waals surface area (Å²) in [6, 6.07) is 3.34. The van der Waals surface area contributed by atoms with Gasteiger partial charge >= 0.3 is 0 Å². The predicted octanol–water partition coefficient (Wildman–Crippen LogP) is 4.05. The van der Waals surface area contributed by atoms with Crippen LogP contribution in [0.3, 0.4) is 0 Å². The predicted molar refractivity (Wildman–Crippen MR) is 90.5 cm³/mol. The van der Waals surface area contributed by atoms with Gasteiger partial charge in [0.05, 0.1) is 0 Å². The third kappa shape index (κ3) is 3.32. The third-order valence-electron chi connectivity index (χ3n) is 6.70. The van der Waals surface area contributed by atoms with E-state index in [4.69, 9.17) is 0 Å². The lowest BCUT2D eigenvalue weighted by molar-refractivity contribution is 0.0164. The van der Waals surface area contributed by atoms with Gasteiger partial charge in [0, 0.05) is 24.2 Å². The van der Waals surface area contributed by atoms with Gasteiger partial charge in [0.1, 0.15) is 0 Å². The van der Waals surface area contributed by atoms with Crippen molar-refractivity contribution in [3.05, 3.63) is 0 Å². The Morgan fingerprint density at radius 3 is 2.24 bits per heavy atom. The first-order chi connectivity index (χ1) is 10.1. The van der Waals surface area contributed by atoms with Gasteiger partial charge in [0.25, 0.3) is 0 Å². The molecule has 2 heterocycles. The number of nitrogens with zero attached hydrogens (tertiary/aromatic N) is 1. The summed E-state index contributed by atoms with van der Waals surface area (Å²) in [6.07, 6.45) is 10.0. The zero-order valence-electron chi connectivity index (χ0n) is 14.6. The van der Waals surface area contributed by atoms with E-state index in [1.807, 2.05) is 0 Å². The lowest BCUT2D eigenvalue weighted by Gasteiger charge is -2.48. The SMILES string of the molecule is CCN(C1CC2CCC(C1)N2)C1CC(C)CCC1C(C)C. The molecule has 0 aromatic carbocycles. The minimum Gasteiger partial charge on any atom is -0.311 e. The standard InChI is InChI=1S/C19H36N2/c1-5-21(17-11-15-7-8-16(12-17)20-15)19-10-14(4)6-9-18(19)13(2)3/h13-20H,5-12H2,1-4H3. The van der Waals surface area contributed by atoms with Crippen LogP contribution in [0.25, 0.3) is 0 Å². The van der Waals surface area contributed by atoms with Crippen LogP contribution >= 0.6 is 0 Å². The average Bonchev–Trinajstić information content (AvgIpc) is 2.78. The number of hydrogen-bond donors (Lipinski definition) is 1. The molecule has 0 radical (unpaired) electrons. The summed E-state index contributed by atoms with van der Waals surface area (Å²) in [5, 5.41) is 3.82. The van der Waals surface area contributed by atoms with Crippen LogP contribution in [0.4, 0.5) is 0 Å². The Balaban J connectivity index is 1.73. The molecule has 0 spiro atoms. The summed E-state index contributed by atoms with van der Waals surface area (Å²) in [7, 11) is 0. The van der Waals surface area contributed by atoms with E-state index in [0.717, 1.165) is 41.9 Å². The Labute approximate surface area is 132 Å². The Bertz CT molecular complexity index is 328. The normalized spacial score (nSPS) is 43.7. The van der Waals surface area contributed by atoms with Crippen LogP contribution < -0.4 is 5.32 Å². The first-order valence-corrected chi connectivity index (χ1v) is 9.60.